The maximum absolute atomic E-state index is 11.7. The van der Waals surface area contributed by atoms with Gasteiger partial charge >= 0.3 is 0 Å². The minimum absolute atomic E-state index is 0.160. The van der Waals surface area contributed by atoms with Gasteiger partial charge in [-0.1, -0.05) is 12.1 Å². The van der Waals surface area contributed by atoms with Crippen LogP contribution in [0.5, 0.6) is 5.75 Å². The highest BCUT2D eigenvalue weighted by molar-refractivity contribution is 9.10. The number of nitrogens with zero attached hydrogens (tertiary/aromatic N) is 2. The lowest BCUT2D eigenvalue weighted by atomic mass is 10.2. The molecule has 0 aliphatic heterocycles. The summed E-state index contributed by atoms with van der Waals surface area (Å²) in [5.41, 5.74) is 0.974. The zero-order valence-electron chi connectivity index (χ0n) is 12.6. The third kappa shape index (κ3) is 5.35. The molecule has 0 saturated heterocycles. The number of phenolic OH excluding ortho intramolecular Hbond substituents is 1. The number of para-hydroxylation sites is 1. The summed E-state index contributed by atoms with van der Waals surface area (Å²) in [6.45, 7) is 0. The first kappa shape index (κ1) is 19.1. The van der Waals surface area contributed by atoms with Crippen molar-refractivity contribution in [1.29, 1.82) is 5.26 Å². The molecular formula is C15H12BrClN4O3S. The van der Waals surface area contributed by atoms with E-state index < -0.39 is 15.2 Å². The van der Waals surface area contributed by atoms with Gasteiger partial charge in [0.25, 0.3) is 10.0 Å². The molecule has 10 heteroatoms. The van der Waals surface area contributed by atoms with E-state index in [0.29, 0.717) is 10.2 Å². The number of rotatable bonds is 4. The van der Waals surface area contributed by atoms with Gasteiger partial charge in [-0.05, 0) is 46.3 Å². The number of aromatic hydroxyl groups is 1. The third-order valence-corrected chi connectivity index (χ3v) is 5.13. The highest BCUT2D eigenvalue weighted by Crippen LogP contribution is 2.25. The van der Waals surface area contributed by atoms with Crippen LogP contribution in [0.3, 0.4) is 0 Å². The fourth-order valence-electron chi connectivity index (χ4n) is 1.76. The van der Waals surface area contributed by atoms with Crippen LogP contribution in [0.2, 0.25) is 0 Å². The van der Waals surface area contributed by atoms with Crippen molar-refractivity contribution in [3.8, 4) is 11.8 Å². The molecule has 0 bridgehead atoms. The van der Waals surface area contributed by atoms with Crippen LogP contribution in [0, 0.1) is 11.3 Å². The highest BCUT2D eigenvalue weighted by Gasteiger charge is 2.13. The van der Waals surface area contributed by atoms with Crippen molar-refractivity contribution in [1.82, 2.24) is 0 Å². The Hall–Kier alpha value is -2.28. The van der Waals surface area contributed by atoms with Gasteiger partial charge in [-0.15, -0.1) is 16.0 Å². The Morgan fingerprint density at radius 3 is 2.52 bits per heavy atom. The van der Waals surface area contributed by atoms with Crippen LogP contribution in [0.15, 0.2) is 51.3 Å². The van der Waals surface area contributed by atoms with Crippen LogP contribution in [-0.2, 0) is 10.0 Å². The van der Waals surface area contributed by atoms with Gasteiger partial charge in [0.15, 0.2) is 0 Å². The molecule has 0 spiro atoms. The van der Waals surface area contributed by atoms with Crippen LogP contribution in [0.25, 0.3) is 0 Å². The number of alkyl halides is 1. The van der Waals surface area contributed by atoms with Crippen molar-refractivity contribution in [2.45, 2.75) is 0 Å². The molecule has 25 heavy (non-hydrogen) atoms. The zero-order valence-corrected chi connectivity index (χ0v) is 15.7. The van der Waals surface area contributed by atoms with Crippen molar-refractivity contribution < 1.29 is 13.5 Å². The molecule has 0 atom stereocenters. The first-order valence-corrected chi connectivity index (χ1v) is 9.68. The van der Waals surface area contributed by atoms with Crippen LogP contribution >= 0.6 is 27.5 Å². The number of benzene rings is 2. The maximum atomic E-state index is 11.7. The molecule has 0 fully saturated rings. The normalized spacial score (nSPS) is 11.6. The second-order valence-electron chi connectivity index (χ2n) is 4.70. The smallest absolute Gasteiger partial charge is 0.270 e. The molecule has 0 radical (unpaired) electrons. The molecule has 0 saturated carbocycles. The lowest BCUT2D eigenvalue weighted by Crippen LogP contribution is -2.24. The lowest BCUT2D eigenvalue weighted by Gasteiger charge is -2.14. The van der Waals surface area contributed by atoms with Gasteiger partial charge < -0.3 is 15.7 Å². The molecule has 0 aliphatic rings. The van der Waals surface area contributed by atoms with Crippen LogP contribution < -0.4 is 10.6 Å². The number of guanidine groups is 1. The number of hydrogen-bond acceptors (Lipinski definition) is 4. The highest BCUT2D eigenvalue weighted by atomic mass is 79.9. The Morgan fingerprint density at radius 1 is 1.24 bits per heavy atom. The molecule has 0 amide bonds. The van der Waals surface area contributed by atoms with Crippen molar-refractivity contribution in [3.05, 3.63) is 52.5 Å². The molecular weight excluding hydrogens is 432 g/mol. The van der Waals surface area contributed by atoms with Crippen molar-refractivity contribution in [2.75, 3.05) is 15.8 Å². The number of phenols is 1. The van der Waals surface area contributed by atoms with Crippen molar-refractivity contribution in [3.63, 3.8) is 0 Å². The van der Waals surface area contributed by atoms with E-state index in [1.165, 1.54) is 18.2 Å². The van der Waals surface area contributed by atoms with Gasteiger partial charge in [-0.2, -0.15) is 5.26 Å². The summed E-state index contributed by atoms with van der Waals surface area (Å²) in [5.74, 6) is -0.392. The standard InChI is InChI=1S/C15H12BrClN4O3S/c16-11-3-1-2-4-12(11)19-15(21-25(23,24)9-17)20-13-6-5-10(8-18)7-14(13)22/h1-7,22H,9H2,(H2,19,20,21). The fraction of sp³-hybridized carbons (Fsp3) is 0.0667. The monoisotopic (exact) mass is 442 g/mol. The lowest BCUT2D eigenvalue weighted by molar-refractivity contribution is 0.477. The number of nitrogens with one attached hydrogen (secondary N) is 2. The van der Waals surface area contributed by atoms with E-state index in [1.54, 1.807) is 24.3 Å². The molecule has 0 aromatic heterocycles. The SMILES string of the molecule is N#Cc1ccc(NC(=NS(=O)(=O)CCl)Nc2ccccc2Br)c(O)c1. The summed E-state index contributed by atoms with van der Waals surface area (Å²) in [7, 11) is -3.92. The van der Waals surface area contributed by atoms with Gasteiger partial charge in [0.2, 0.25) is 5.96 Å². The molecule has 2 aromatic carbocycles. The van der Waals surface area contributed by atoms with Gasteiger partial charge in [0.1, 0.15) is 11.0 Å². The van der Waals surface area contributed by atoms with Crippen LogP contribution in [0.4, 0.5) is 11.4 Å². The molecule has 7 nitrogen and oxygen atoms in total. The topological polar surface area (TPSA) is 115 Å². The third-order valence-electron chi connectivity index (χ3n) is 2.88. The Labute approximate surface area is 158 Å². The summed E-state index contributed by atoms with van der Waals surface area (Å²) in [5, 5.41) is 23.6. The van der Waals surface area contributed by atoms with E-state index in [1.807, 2.05) is 6.07 Å². The summed E-state index contributed by atoms with van der Waals surface area (Å²) < 4.78 is 27.7. The fourth-order valence-corrected chi connectivity index (χ4v) is 2.71. The minimum atomic E-state index is -3.92. The van der Waals surface area contributed by atoms with Crippen LogP contribution in [0.1, 0.15) is 5.56 Å². The van der Waals surface area contributed by atoms with E-state index in [-0.39, 0.29) is 23.0 Å². The van der Waals surface area contributed by atoms with E-state index in [9.17, 15) is 13.5 Å². The molecule has 2 rings (SSSR count). The minimum Gasteiger partial charge on any atom is -0.506 e. The Morgan fingerprint density at radius 2 is 1.92 bits per heavy atom. The zero-order chi connectivity index (χ0) is 18.4. The second kappa shape index (κ2) is 8.20. The summed E-state index contributed by atoms with van der Waals surface area (Å²) >= 11 is 8.73. The van der Waals surface area contributed by atoms with Crippen LogP contribution in [-0.4, -0.2) is 24.7 Å². The van der Waals surface area contributed by atoms with E-state index in [2.05, 4.69) is 31.0 Å². The summed E-state index contributed by atoms with van der Waals surface area (Å²) in [6, 6.07) is 13.0. The Bertz CT molecular complexity index is 957. The Balaban J connectivity index is 2.39. The molecule has 130 valence electrons. The number of nitriles is 1. The molecule has 3 N–H and O–H groups in total. The molecule has 0 aliphatic carbocycles. The average molecular weight is 444 g/mol. The molecule has 2 aromatic rings. The van der Waals surface area contributed by atoms with Gasteiger partial charge in [-0.25, -0.2) is 8.42 Å². The Kier molecular flexibility index (Phi) is 6.25. The first-order chi connectivity index (χ1) is 11.8. The number of anilines is 2. The van der Waals surface area contributed by atoms with Gasteiger partial charge in [-0.3, -0.25) is 0 Å². The van der Waals surface area contributed by atoms with Gasteiger partial charge in [0.05, 0.1) is 23.0 Å². The number of sulfonamides is 1. The van der Waals surface area contributed by atoms with E-state index in [0.717, 1.165) is 0 Å². The summed E-state index contributed by atoms with van der Waals surface area (Å²) in [6.07, 6.45) is 0. The summed E-state index contributed by atoms with van der Waals surface area (Å²) in [4.78, 5) is 0. The largest absolute Gasteiger partial charge is 0.506 e. The first-order valence-electron chi connectivity index (χ1n) is 6.75. The maximum Gasteiger partial charge on any atom is 0.270 e. The van der Waals surface area contributed by atoms with Gasteiger partial charge in [0, 0.05) is 4.47 Å². The van der Waals surface area contributed by atoms with E-state index in [4.69, 9.17) is 16.9 Å². The predicted molar refractivity (Wildman–Crippen MR) is 101 cm³/mol. The van der Waals surface area contributed by atoms with Crippen molar-refractivity contribution >= 4 is 54.9 Å². The quantitative estimate of drug-likeness (QED) is 0.289. The molecule has 0 unspecified atom stereocenters. The van der Waals surface area contributed by atoms with E-state index >= 15 is 0 Å². The number of halogens is 2. The van der Waals surface area contributed by atoms with Crippen molar-refractivity contribution in [2.24, 2.45) is 4.40 Å². The second-order valence-corrected chi connectivity index (χ2v) is 7.78. The average Bonchev–Trinajstić information content (AvgIpc) is 2.58. The predicted octanol–water partition coefficient (Wildman–Crippen LogP) is 3.43. The molecule has 0 heterocycles. The number of hydrogen-bond donors (Lipinski definition) is 3.